The minimum Gasteiger partial charge on any atom is -0.489 e. The summed E-state index contributed by atoms with van der Waals surface area (Å²) in [5, 5.41) is 0.589. The topological polar surface area (TPSA) is 55.2 Å². The number of rotatable bonds is 3. The van der Waals surface area contributed by atoms with Gasteiger partial charge in [0.05, 0.1) is 24.5 Å². The van der Waals surface area contributed by atoms with E-state index in [4.69, 9.17) is 25.5 Å². The van der Waals surface area contributed by atoms with Gasteiger partial charge in [-0.05, 0) is 29.8 Å². The van der Waals surface area contributed by atoms with Crippen LogP contribution in [-0.2, 0) is 6.54 Å². The Kier molecular flexibility index (Phi) is 5.04. The fourth-order valence-corrected chi connectivity index (χ4v) is 3.59. The maximum Gasteiger partial charge on any atom is 0.289 e. The van der Waals surface area contributed by atoms with Crippen molar-refractivity contribution in [1.29, 1.82) is 0 Å². The van der Waals surface area contributed by atoms with Crippen molar-refractivity contribution >= 4 is 17.5 Å². The van der Waals surface area contributed by atoms with Gasteiger partial charge in [0, 0.05) is 39.1 Å². The molecule has 7 heteroatoms. The van der Waals surface area contributed by atoms with Crippen molar-refractivity contribution in [3.05, 3.63) is 46.9 Å². The zero-order chi connectivity index (χ0) is 17.9. The highest BCUT2D eigenvalue weighted by Crippen LogP contribution is 2.38. The van der Waals surface area contributed by atoms with E-state index in [9.17, 15) is 4.79 Å². The van der Waals surface area contributed by atoms with Crippen molar-refractivity contribution in [2.45, 2.75) is 13.0 Å². The predicted octanol–water partition coefficient (Wildman–Crippen LogP) is 3.05. The van der Waals surface area contributed by atoms with E-state index in [-0.39, 0.29) is 5.91 Å². The molecule has 1 fully saturated rings. The molecular weight excluding hydrogens is 356 g/mol. The Morgan fingerprint density at radius 3 is 2.69 bits per heavy atom. The van der Waals surface area contributed by atoms with Crippen molar-refractivity contribution in [2.24, 2.45) is 0 Å². The number of ether oxygens (including phenoxy) is 2. The second kappa shape index (κ2) is 7.60. The fourth-order valence-electron chi connectivity index (χ4n) is 3.30. The molecule has 2 aromatic rings. The van der Waals surface area contributed by atoms with Crippen molar-refractivity contribution in [3.8, 4) is 11.5 Å². The fraction of sp³-hybridized carbons (Fsp3) is 0.421. The second-order valence-electron chi connectivity index (χ2n) is 6.50. The quantitative estimate of drug-likeness (QED) is 0.824. The Morgan fingerprint density at radius 1 is 1.12 bits per heavy atom. The maximum absolute atomic E-state index is 12.3. The van der Waals surface area contributed by atoms with Crippen LogP contribution in [0.5, 0.6) is 11.5 Å². The van der Waals surface area contributed by atoms with Gasteiger partial charge >= 0.3 is 0 Å². The summed E-state index contributed by atoms with van der Waals surface area (Å²) in [4.78, 5) is 16.5. The molecule has 1 saturated heterocycles. The number of hydrogen-bond donors (Lipinski definition) is 0. The van der Waals surface area contributed by atoms with Gasteiger partial charge in [-0.25, -0.2) is 0 Å². The lowest BCUT2D eigenvalue weighted by Crippen LogP contribution is -2.48. The van der Waals surface area contributed by atoms with Crippen LogP contribution >= 0.6 is 11.6 Å². The molecule has 2 aliphatic heterocycles. The highest BCUT2D eigenvalue weighted by atomic mass is 35.5. The van der Waals surface area contributed by atoms with Crippen LogP contribution in [0.25, 0.3) is 0 Å². The van der Waals surface area contributed by atoms with Crippen LogP contribution in [0.4, 0.5) is 0 Å². The first-order valence-electron chi connectivity index (χ1n) is 8.84. The van der Waals surface area contributed by atoms with E-state index in [0.29, 0.717) is 42.8 Å². The third-order valence-electron chi connectivity index (χ3n) is 4.66. The number of furan rings is 1. The largest absolute Gasteiger partial charge is 0.489 e. The normalized spacial score (nSPS) is 17.8. The van der Waals surface area contributed by atoms with Crippen molar-refractivity contribution in [3.63, 3.8) is 0 Å². The summed E-state index contributed by atoms with van der Waals surface area (Å²) < 4.78 is 16.6. The summed E-state index contributed by atoms with van der Waals surface area (Å²) in [5.74, 6) is 1.71. The minimum absolute atomic E-state index is 0.0479. The first-order valence-corrected chi connectivity index (χ1v) is 9.21. The van der Waals surface area contributed by atoms with Crippen LogP contribution in [0.3, 0.4) is 0 Å². The smallest absolute Gasteiger partial charge is 0.289 e. The summed E-state index contributed by atoms with van der Waals surface area (Å²) in [6.45, 7) is 4.99. The van der Waals surface area contributed by atoms with E-state index in [2.05, 4.69) is 4.90 Å². The summed E-state index contributed by atoms with van der Waals surface area (Å²) in [6, 6.07) is 7.38. The lowest BCUT2D eigenvalue weighted by atomic mass is 10.1. The van der Waals surface area contributed by atoms with Gasteiger partial charge in [0.1, 0.15) is 0 Å². The van der Waals surface area contributed by atoms with Gasteiger partial charge in [-0.1, -0.05) is 11.6 Å². The van der Waals surface area contributed by atoms with Gasteiger partial charge in [0.2, 0.25) is 0 Å². The molecule has 6 nitrogen and oxygen atoms in total. The van der Waals surface area contributed by atoms with E-state index in [1.54, 1.807) is 12.1 Å². The molecule has 0 spiro atoms. The molecule has 138 valence electrons. The number of halogens is 1. The van der Waals surface area contributed by atoms with Crippen LogP contribution < -0.4 is 9.47 Å². The Morgan fingerprint density at radius 2 is 1.92 bits per heavy atom. The van der Waals surface area contributed by atoms with Crippen LogP contribution in [0, 0.1) is 0 Å². The van der Waals surface area contributed by atoms with Crippen LogP contribution in [-0.4, -0.2) is 55.1 Å². The first-order chi connectivity index (χ1) is 12.7. The van der Waals surface area contributed by atoms with Gasteiger partial charge < -0.3 is 18.8 Å². The third kappa shape index (κ3) is 3.66. The van der Waals surface area contributed by atoms with Crippen LogP contribution in [0.1, 0.15) is 22.5 Å². The monoisotopic (exact) mass is 376 g/mol. The molecule has 0 atom stereocenters. The molecule has 0 saturated carbocycles. The lowest BCUT2D eigenvalue weighted by Gasteiger charge is -2.34. The van der Waals surface area contributed by atoms with Gasteiger partial charge in [0.25, 0.3) is 5.91 Å². The maximum atomic E-state index is 12.3. The second-order valence-corrected chi connectivity index (χ2v) is 6.91. The number of carbonyl (C=O) groups is 1. The Balaban J connectivity index is 1.38. The first kappa shape index (κ1) is 17.2. The number of fused-ring (bicyclic) bond motifs is 1. The number of hydrogen-bond acceptors (Lipinski definition) is 5. The highest BCUT2D eigenvalue weighted by Gasteiger charge is 2.24. The van der Waals surface area contributed by atoms with E-state index in [1.807, 2.05) is 17.0 Å². The van der Waals surface area contributed by atoms with Crippen molar-refractivity contribution in [1.82, 2.24) is 9.80 Å². The van der Waals surface area contributed by atoms with Crippen LogP contribution in [0.15, 0.2) is 34.9 Å². The van der Waals surface area contributed by atoms with E-state index in [1.165, 1.54) is 6.26 Å². The number of carbonyl (C=O) groups excluding carboxylic acids is 1. The molecule has 26 heavy (non-hydrogen) atoms. The van der Waals surface area contributed by atoms with Gasteiger partial charge in [0.15, 0.2) is 17.3 Å². The average Bonchev–Trinajstić information content (AvgIpc) is 3.08. The van der Waals surface area contributed by atoms with Crippen molar-refractivity contribution < 1.29 is 18.7 Å². The number of nitrogens with zero attached hydrogens (tertiary/aromatic N) is 2. The van der Waals surface area contributed by atoms with Gasteiger partial charge in [-0.2, -0.15) is 0 Å². The molecular formula is C19H21ClN2O4. The summed E-state index contributed by atoms with van der Waals surface area (Å²) in [7, 11) is 0. The Labute approximate surface area is 157 Å². The molecule has 4 rings (SSSR count). The minimum atomic E-state index is -0.0479. The Hall–Kier alpha value is -2.18. The number of benzene rings is 1. The number of amides is 1. The molecule has 1 aromatic carbocycles. The Bertz CT molecular complexity index is 770. The molecule has 0 unspecified atom stereocenters. The molecule has 3 heterocycles. The standard InChI is InChI=1S/C19H21ClN2O4/c20-15-11-14(12-17-18(15)26-10-2-9-25-17)13-21-4-6-22(7-5-21)19(23)16-3-1-8-24-16/h1,3,8,11-12H,2,4-7,9-10,13H2. The zero-order valence-electron chi connectivity index (χ0n) is 14.4. The lowest BCUT2D eigenvalue weighted by molar-refractivity contribution is 0.0598. The molecule has 0 bridgehead atoms. The average molecular weight is 377 g/mol. The van der Waals surface area contributed by atoms with E-state index < -0.39 is 0 Å². The molecule has 1 aromatic heterocycles. The van der Waals surface area contributed by atoms with Crippen molar-refractivity contribution in [2.75, 3.05) is 39.4 Å². The molecule has 0 aliphatic carbocycles. The predicted molar refractivity (Wildman–Crippen MR) is 96.9 cm³/mol. The molecule has 0 radical (unpaired) electrons. The zero-order valence-corrected chi connectivity index (χ0v) is 15.2. The highest BCUT2D eigenvalue weighted by molar-refractivity contribution is 6.32. The van der Waals surface area contributed by atoms with E-state index in [0.717, 1.165) is 37.4 Å². The summed E-state index contributed by atoms with van der Waals surface area (Å²) in [6.07, 6.45) is 2.38. The number of piperazine rings is 1. The van der Waals surface area contributed by atoms with Gasteiger partial charge in [-0.15, -0.1) is 0 Å². The molecule has 1 amide bonds. The third-order valence-corrected chi connectivity index (χ3v) is 4.94. The summed E-state index contributed by atoms with van der Waals surface area (Å²) in [5.41, 5.74) is 1.09. The SMILES string of the molecule is O=C(c1ccco1)N1CCN(Cc2cc(Cl)c3c(c2)OCCCO3)CC1. The molecule has 2 aliphatic rings. The van der Waals surface area contributed by atoms with E-state index >= 15 is 0 Å². The molecule has 0 N–H and O–H groups in total. The van der Waals surface area contributed by atoms with Gasteiger partial charge in [-0.3, -0.25) is 9.69 Å². The van der Waals surface area contributed by atoms with Crippen LogP contribution in [0.2, 0.25) is 5.02 Å². The summed E-state index contributed by atoms with van der Waals surface area (Å²) >= 11 is 6.37.